The highest BCUT2D eigenvalue weighted by Gasteiger charge is 2.36. The average Bonchev–Trinajstić information content (AvgIpc) is 3.11. The molecule has 6 heteroatoms. The summed E-state index contributed by atoms with van der Waals surface area (Å²) in [5.41, 5.74) is 0. The largest absolute Gasteiger partial charge is 0.495 e. The monoisotopic (exact) mass is 319 g/mol. The van der Waals surface area contributed by atoms with Crippen molar-refractivity contribution >= 4 is 26.0 Å². The van der Waals surface area contributed by atoms with E-state index in [2.05, 4.69) is 15.9 Å². The summed E-state index contributed by atoms with van der Waals surface area (Å²) in [7, 11) is -0.373. The van der Waals surface area contributed by atoms with Crippen LogP contribution in [0.1, 0.15) is 12.8 Å². The lowest BCUT2D eigenvalue weighted by atomic mass is 10.3. The molecule has 1 saturated carbocycles. The number of methoxy groups -OCH3 is 1. The summed E-state index contributed by atoms with van der Waals surface area (Å²) in [6, 6.07) is 5.13. The van der Waals surface area contributed by atoms with E-state index in [1.165, 1.54) is 11.4 Å². The molecule has 0 unspecified atom stereocenters. The summed E-state index contributed by atoms with van der Waals surface area (Å²) in [6.07, 6.45) is 1.87. The van der Waals surface area contributed by atoms with Gasteiger partial charge in [0.25, 0.3) is 0 Å². The minimum Gasteiger partial charge on any atom is -0.495 e. The number of ether oxygens (including phenoxy) is 1. The van der Waals surface area contributed by atoms with E-state index in [1.807, 2.05) is 0 Å². The van der Waals surface area contributed by atoms with Crippen molar-refractivity contribution in [1.82, 2.24) is 4.31 Å². The summed E-state index contributed by atoms with van der Waals surface area (Å²) in [6.45, 7) is 0. The molecule has 0 N–H and O–H groups in total. The molecule has 0 radical (unpaired) electrons. The van der Waals surface area contributed by atoms with E-state index in [4.69, 9.17) is 4.74 Å². The van der Waals surface area contributed by atoms with Gasteiger partial charge in [0.15, 0.2) is 0 Å². The van der Waals surface area contributed by atoms with Crippen LogP contribution in [0.25, 0.3) is 0 Å². The lowest BCUT2D eigenvalue weighted by Crippen LogP contribution is -2.29. The van der Waals surface area contributed by atoms with Gasteiger partial charge in [-0.25, -0.2) is 8.42 Å². The molecule has 0 atom stereocenters. The molecule has 0 heterocycles. The number of sulfonamides is 1. The first-order chi connectivity index (χ1) is 7.96. The van der Waals surface area contributed by atoms with Crippen LogP contribution in [0.4, 0.5) is 0 Å². The first kappa shape index (κ1) is 12.9. The second-order valence-electron chi connectivity index (χ2n) is 4.05. The van der Waals surface area contributed by atoms with E-state index in [-0.39, 0.29) is 10.9 Å². The van der Waals surface area contributed by atoms with Crippen molar-refractivity contribution in [1.29, 1.82) is 0 Å². The van der Waals surface area contributed by atoms with Gasteiger partial charge >= 0.3 is 0 Å². The minimum atomic E-state index is -3.46. The highest BCUT2D eigenvalue weighted by atomic mass is 79.9. The summed E-state index contributed by atoms with van der Waals surface area (Å²) in [4.78, 5) is 0.212. The zero-order valence-electron chi connectivity index (χ0n) is 9.68. The van der Waals surface area contributed by atoms with Gasteiger partial charge in [0.2, 0.25) is 10.0 Å². The van der Waals surface area contributed by atoms with Crippen LogP contribution < -0.4 is 4.74 Å². The number of rotatable bonds is 4. The first-order valence-electron chi connectivity index (χ1n) is 5.28. The lowest BCUT2D eigenvalue weighted by molar-refractivity contribution is 0.397. The van der Waals surface area contributed by atoms with Crippen LogP contribution >= 0.6 is 15.9 Å². The summed E-state index contributed by atoms with van der Waals surface area (Å²) >= 11 is 3.28. The van der Waals surface area contributed by atoms with Crippen molar-refractivity contribution in [2.75, 3.05) is 14.2 Å². The van der Waals surface area contributed by atoms with Crippen molar-refractivity contribution in [2.24, 2.45) is 0 Å². The van der Waals surface area contributed by atoms with Crippen LogP contribution in [0.15, 0.2) is 27.6 Å². The molecule has 0 amide bonds. The highest BCUT2D eigenvalue weighted by molar-refractivity contribution is 9.10. The van der Waals surface area contributed by atoms with Gasteiger partial charge in [-0.3, -0.25) is 0 Å². The Balaban J connectivity index is 2.47. The van der Waals surface area contributed by atoms with Crippen LogP contribution in [-0.2, 0) is 10.0 Å². The van der Waals surface area contributed by atoms with Crippen molar-refractivity contribution in [2.45, 2.75) is 23.8 Å². The predicted molar refractivity (Wildman–Crippen MR) is 68.7 cm³/mol. The smallest absolute Gasteiger partial charge is 0.246 e. The summed E-state index contributed by atoms with van der Waals surface area (Å²) in [5, 5.41) is 0. The average molecular weight is 320 g/mol. The van der Waals surface area contributed by atoms with Crippen molar-refractivity contribution in [3.63, 3.8) is 0 Å². The molecule has 1 aliphatic carbocycles. The molecule has 2 rings (SSSR count). The van der Waals surface area contributed by atoms with E-state index in [9.17, 15) is 8.42 Å². The molecule has 1 aromatic rings. The molecule has 1 aliphatic rings. The van der Waals surface area contributed by atoms with Crippen LogP contribution in [0.2, 0.25) is 0 Å². The van der Waals surface area contributed by atoms with Crippen LogP contribution in [0, 0.1) is 0 Å². The van der Waals surface area contributed by atoms with E-state index in [0.29, 0.717) is 5.75 Å². The van der Waals surface area contributed by atoms with Gasteiger partial charge < -0.3 is 4.74 Å². The van der Waals surface area contributed by atoms with Gasteiger partial charge in [-0.05, 0) is 31.0 Å². The van der Waals surface area contributed by atoms with Crippen LogP contribution in [0.3, 0.4) is 0 Å². The molecule has 0 saturated heterocycles. The first-order valence-corrected chi connectivity index (χ1v) is 7.51. The molecule has 0 aromatic heterocycles. The third kappa shape index (κ3) is 2.48. The van der Waals surface area contributed by atoms with Gasteiger partial charge in [-0.1, -0.05) is 15.9 Å². The Morgan fingerprint density at radius 2 is 2.06 bits per heavy atom. The highest BCUT2D eigenvalue weighted by Crippen LogP contribution is 2.34. The fourth-order valence-corrected chi connectivity index (χ4v) is 3.75. The zero-order valence-corrected chi connectivity index (χ0v) is 12.1. The number of hydrogen-bond acceptors (Lipinski definition) is 3. The van der Waals surface area contributed by atoms with E-state index < -0.39 is 10.0 Å². The molecule has 1 fully saturated rings. The molecular formula is C11H14BrNO3S. The fourth-order valence-electron chi connectivity index (χ4n) is 1.64. The third-order valence-corrected chi connectivity index (χ3v) is 5.27. The summed E-state index contributed by atoms with van der Waals surface area (Å²) in [5.74, 6) is 0.376. The van der Waals surface area contributed by atoms with Gasteiger partial charge in [-0.15, -0.1) is 0 Å². The zero-order chi connectivity index (χ0) is 12.6. The molecule has 17 heavy (non-hydrogen) atoms. The van der Waals surface area contributed by atoms with Gasteiger partial charge in [0.05, 0.1) is 7.11 Å². The Bertz CT molecular complexity index is 526. The molecule has 4 nitrogen and oxygen atoms in total. The van der Waals surface area contributed by atoms with Crippen molar-refractivity contribution < 1.29 is 13.2 Å². The van der Waals surface area contributed by atoms with Gasteiger partial charge in [0, 0.05) is 17.6 Å². The molecule has 0 bridgehead atoms. The minimum absolute atomic E-state index is 0.142. The normalized spacial score (nSPS) is 16.2. The van der Waals surface area contributed by atoms with Gasteiger partial charge in [-0.2, -0.15) is 4.31 Å². The number of nitrogens with zero attached hydrogens (tertiary/aromatic N) is 1. The van der Waals surface area contributed by atoms with E-state index >= 15 is 0 Å². The third-order valence-electron chi connectivity index (χ3n) is 2.84. The number of hydrogen-bond donors (Lipinski definition) is 0. The molecule has 0 aliphatic heterocycles. The van der Waals surface area contributed by atoms with E-state index in [0.717, 1.165) is 17.3 Å². The van der Waals surface area contributed by atoms with Crippen molar-refractivity contribution in [3.05, 3.63) is 22.7 Å². The maximum atomic E-state index is 12.4. The standard InChI is InChI=1S/C11H14BrNO3S/c1-13(9-4-5-9)17(14,15)11-7-8(12)3-6-10(11)16-2/h3,6-7,9H,4-5H2,1-2H3. The Morgan fingerprint density at radius 1 is 1.41 bits per heavy atom. The Hall–Kier alpha value is -0.590. The quantitative estimate of drug-likeness (QED) is 0.855. The predicted octanol–water partition coefficient (Wildman–Crippen LogP) is 2.24. The Labute approximate surface area is 110 Å². The summed E-state index contributed by atoms with van der Waals surface area (Å²) < 4.78 is 32.0. The van der Waals surface area contributed by atoms with Gasteiger partial charge in [0.1, 0.15) is 10.6 Å². The fraction of sp³-hybridized carbons (Fsp3) is 0.455. The topological polar surface area (TPSA) is 46.6 Å². The number of benzene rings is 1. The van der Waals surface area contributed by atoms with E-state index in [1.54, 1.807) is 25.2 Å². The Morgan fingerprint density at radius 3 is 2.59 bits per heavy atom. The maximum Gasteiger partial charge on any atom is 0.246 e. The van der Waals surface area contributed by atoms with Crippen molar-refractivity contribution in [3.8, 4) is 5.75 Å². The second kappa shape index (κ2) is 4.59. The van der Waals surface area contributed by atoms with Crippen LogP contribution in [0.5, 0.6) is 5.75 Å². The lowest BCUT2D eigenvalue weighted by Gasteiger charge is -2.18. The maximum absolute atomic E-state index is 12.4. The van der Waals surface area contributed by atoms with Crippen LogP contribution in [-0.4, -0.2) is 32.9 Å². The Kier molecular flexibility index (Phi) is 3.47. The number of halogens is 1. The molecule has 94 valence electrons. The second-order valence-corrected chi connectivity index (χ2v) is 6.93. The molecule has 0 spiro atoms. The SMILES string of the molecule is COc1ccc(Br)cc1S(=O)(=O)N(C)C1CC1. The molecular weight excluding hydrogens is 306 g/mol. The molecule has 1 aromatic carbocycles.